The van der Waals surface area contributed by atoms with Crippen LogP contribution < -0.4 is 10.5 Å². The highest BCUT2D eigenvalue weighted by Crippen LogP contribution is 2.14. The molecular weight excluding hydrogens is 190 g/mol. The zero-order valence-corrected chi connectivity index (χ0v) is 9.87. The zero-order valence-electron chi connectivity index (χ0n) is 9.87. The van der Waals surface area contributed by atoms with E-state index in [1.807, 2.05) is 27.7 Å². The molecule has 1 rings (SSSR count). The van der Waals surface area contributed by atoms with Crippen LogP contribution in [-0.4, -0.2) is 22.1 Å². The molecule has 1 aromatic heterocycles. The van der Waals surface area contributed by atoms with Crippen molar-refractivity contribution in [2.24, 2.45) is 5.73 Å². The molecule has 0 saturated heterocycles. The van der Waals surface area contributed by atoms with Crippen molar-refractivity contribution < 1.29 is 4.74 Å². The number of aromatic nitrogens is 2. The van der Waals surface area contributed by atoms with E-state index >= 15 is 0 Å². The number of nitrogens with two attached hydrogens (primary N) is 1. The number of ether oxygens (including phenoxy) is 1. The van der Waals surface area contributed by atoms with Crippen LogP contribution in [0.4, 0.5) is 0 Å². The Morgan fingerprint density at radius 2 is 2.13 bits per heavy atom. The van der Waals surface area contributed by atoms with Crippen LogP contribution in [0.5, 0.6) is 5.88 Å². The lowest BCUT2D eigenvalue weighted by Gasteiger charge is -2.22. The van der Waals surface area contributed by atoms with Crippen LogP contribution in [0.1, 0.15) is 31.7 Å². The molecule has 0 bridgehead atoms. The van der Waals surface area contributed by atoms with Crippen LogP contribution in [0.25, 0.3) is 0 Å². The van der Waals surface area contributed by atoms with E-state index in [1.54, 1.807) is 6.20 Å². The van der Waals surface area contributed by atoms with Crippen molar-refractivity contribution >= 4 is 0 Å². The fraction of sp³-hybridized carbons (Fsp3) is 0.636. The maximum atomic E-state index is 5.98. The van der Waals surface area contributed by atoms with Crippen molar-refractivity contribution in [2.45, 2.75) is 39.7 Å². The summed E-state index contributed by atoms with van der Waals surface area (Å²) in [5.41, 5.74) is 7.32. The molecule has 0 spiro atoms. The van der Waals surface area contributed by atoms with Gasteiger partial charge in [0.1, 0.15) is 6.61 Å². The Hall–Kier alpha value is -1.16. The highest BCUT2D eigenvalue weighted by molar-refractivity contribution is 5.18. The van der Waals surface area contributed by atoms with E-state index in [0.29, 0.717) is 12.5 Å². The van der Waals surface area contributed by atoms with Gasteiger partial charge in [-0.15, -0.1) is 0 Å². The Balaban J connectivity index is 2.69. The Labute approximate surface area is 90.9 Å². The molecule has 0 aliphatic carbocycles. The van der Waals surface area contributed by atoms with Crippen LogP contribution in [0.2, 0.25) is 0 Å². The van der Waals surface area contributed by atoms with Crippen LogP contribution in [0.15, 0.2) is 6.20 Å². The molecule has 0 aromatic carbocycles. The molecule has 0 fully saturated rings. The van der Waals surface area contributed by atoms with Crippen LogP contribution in [0, 0.1) is 13.8 Å². The lowest BCUT2D eigenvalue weighted by Crippen LogP contribution is -2.41. The van der Waals surface area contributed by atoms with Crippen molar-refractivity contribution in [3.63, 3.8) is 0 Å². The van der Waals surface area contributed by atoms with Gasteiger partial charge in [0.25, 0.3) is 0 Å². The largest absolute Gasteiger partial charge is 0.474 e. The molecule has 84 valence electrons. The second-order valence-corrected chi connectivity index (χ2v) is 4.20. The van der Waals surface area contributed by atoms with Gasteiger partial charge in [-0.05, 0) is 27.2 Å². The van der Waals surface area contributed by atoms with Gasteiger partial charge in [-0.1, -0.05) is 6.92 Å². The molecule has 0 saturated carbocycles. The van der Waals surface area contributed by atoms with Gasteiger partial charge >= 0.3 is 0 Å². The van der Waals surface area contributed by atoms with E-state index in [1.165, 1.54) is 0 Å². The summed E-state index contributed by atoms with van der Waals surface area (Å²) in [4.78, 5) is 8.45. The number of hydrogen-bond donors (Lipinski definition) is 1. The molecule has 0 aliphatic rings. The molecule has 0 aliphatic heterocycles. The molecule has 4 nitrogen and oxygen atoms in total. The van der Waals surface area contributed by atoms with Gasteiger partial charge in [0.05, 0.1) is 11.4 Å². The molecular formula is C11H19N3O. The van der Waals surface area contributed by atoms with Gasteiger partial charge in [-0.3, -0.25) is 4.98 Å². The van der Waals surface area contributed by atoms with Crippen LogP contribution in [-0.2, 0) is 0 Å². The number of aryl methyl sites for hydroxylation is 2. The first kappa shape index (κ1) is 11.9. The van der Waals surface area contributed by atoms with Crippen LogP contribution in [0.3, 0.4) is 0 Å². The number of hydrogen-bond acceptors (Lipinski definition) is 4. The van der Waals surface area contributed by atoms with E-state index in [9.17, 15) is 0 Å². The van der Waals surface area contributed by atoms with E-state index < -0.39 is 0 Å². The Kier molecular flexibility index (Phi) is 3.63. The van der Waals surface area contributed by atoms with Gasteiger partial charge < -0.3 is 10.5 Å². The van der Waals surface area contributed by atoms with Gasteiger partial charge in [0, 0.05) is 11.7 Å². The fourth-order valence-electron chi connectivity index (χ4n) is 0.987. The average Bonchev–Trinajstić information content (AvgIpc) is 2.20. The third-order valence-electron chi connectivity index (χ3n) is 2.38. The predicted molar refractivity (Wildman–Crippen MR) is 59.9 cm³/mol. The lowest BCUT2D eigenvalue weighted by atomic mass is 10.0. The summed E-state index contributed by atoms with van der Waals surface area (Å²) < 4.78 is 5.57. The Morgan fingerprint density at radius 3 is 2.73 bits per heavy atom. The molecule has 0 radical (unpaired) electrons. The predicted octanol–water partition coefficient (Wildman–Crippen LogP) is 1.60. The molecule has 0 amide bonds. The maximum absolute atomic E-state index is 5.98. The second-order valence-electron chi connectivity index (χ2n) is 4.20. The minimum absolute atomic E-state index is 0.308. The van der Waals surface area contributed by atoms with Crippen molar-refractivity contribution in [2.75, 3.05) is 6.61 Å². The molecule has 1 unspecified atom stereocenters. The maximum Gasteiger partial charge on any atom is 0.235 e. The summed E-state index contributed by atoms with van der Waals surface area (Å²) in [6.45, 7) is 8.23. The van der Waals surface area contributed by atoms with Crippen molar-refractivity contribution in [3.05, 3.63) is 17.6 Å². The summed E-state index contributed by atoms with van der Waals surface area (Å²) in [7, 11) is 0. The third-order valence-corrected chi connectivity index (χ3v) is 2.38. The minimum Gasteiger partial charge on any atom is -0.474 e. The topological polar surface area (TPSA) is 61.0 Å². The Morgan fingerprint density at radius 1 is 1.47 bits per heavy atom. The molecule has 1 aromatic rings. The summed E-state index contributed by atoms with van der Waals surface area (Å²) in [6, 6.07) is 0. The van der Waals surface area contributed by atoms with Crippen molar-refractivity contribution in [1.29, 1.82) is 0 Å². The van der Waals surface area contributed by atoms with Gasteiger partial charge in [-0.2, -0.15) is 0 Å². The zero-order chi connectivity index (χ0) is 11.5. The molecule has 1 heterocycles. The number of nitrogens with zero attached hydrogens (tertiary/aromatic N) is 2. The highest BCUT2D eigenvalue weighted by Gasteiger charge is 2.17. The molecule has 1 atom stereocenters. The van der Waals surface area contributed by atoms with Crippen molar-refractivity contribution in [3.8, 4) is 5.88 Å². The van der Waals surface area contributed by atoms with Crippen LogP contribution >= 0.6 is 0 Å². The first-order chi connectivity index (χ1) is 6.94. The third kappa shape index (κ3) is 3.47. The first-order valence-electron chi connectivity index (χ1n) is 5.16. The van der Waals surface area contributed by atoms with Gasteiger partial charge in [0.15, 0.2) is 0 Å². The van der Waals surface area contributed by atoms with Gasteiger partial charge in [0.2, 0.25) is 5.88 Å². The first-order valence-corrected chi connectivity index (χ1v) is 5.16. The van der Waals surface area contributed by atoms with Crippen molar-refractivity contribution in [1.82, 2.24) is 9.97 Å². The minimum atomic E-state index is -0.308. The standard InChI is InChI=1S/C11H19N3O/c1-5-11(4,12)7-15-10-9(3)13-6-8(2)14-10/h6H,5,7,12H2,1-4H3. The average molecular weight is 209 g/mol. The van der Waals surface area contributed by atoms with E-state index in [2.05, 4.69) is 9.97 Å². The lowest BCUT2D eigenvalue weighted by molar-refractivity contribution is 0.216. The Bertz CT molecular complexity index is 337. The highest BCUT2D eigenvalue weighted by atomic mass is 16.5. The van der Waals surface area contributed by atoms with E-state index in [-0.39, 0.29) is 5.54 Å². The number of rotatable bonds is 4. The monoisotopic (exact) mass is 209 g/mol. The van der Waals surface area contributed by atoms with E-state index in [4.69, 9.17) is 10.5 Å². The summed E-state index contributed by atoms with van der Waals surface area (Å²) in [6.07, 6.45) is 2.59. The fourth-order valence-corrected chi connectivity index (χ4v) is 0.987. The summed E-state index contributed by atoms with van der Waals surface area (Å²) in [5.74, 6) is 0.583. The molecule has 15 heavy (non-hydrogen) atoms. The summed E-state index contributed by atoms with van der Waals surface area (Å²) >= 11 is 0. The smallest absolute Gasteiger partial charge is 0.235 e. The molecule has 4 heteroatoms. The van der Waals surface area contributed by atoms with E-state index in [0.717, 1.165) is 17.8 Å². The normalized spacial score (nSPS) is 14.7. The summed E-state index contributed by atoms with van der Waals surface area (Å²) in [5, 5.41) is 0. The SMILES string of the molecule is CCC(C)(N)COc1nc(C)cnc1C. The molecule has 2 N–H and O–H groups in total. The quantitative estimate of drug-likeness (QED) is 0.818. The van der Waals surface area contributed by atoms with Gasteiger partial charge in [-0.25, -0.2) is 4.98 Å². The second kappa shape index (κ2) is 4.57.